The molecule has 0 unspecified atom stereocenters. The van der Waals surface area contributed by atoms with E-state index in [4.69, 9.17) is 17.0 Å². The van der Waals surface area contributed by atoms with Gasteiger partial charge >= 0.3 is 0 Å². The smallest absolute Gasteiger partial charge is 0.171 e. The van der Waals surface area contributed by atoms with Gasteiger partial charge in [0.05, 0.1) is 18.8 Å². The van der Waals surface area contributed by atoms with Gasteiger partial charge in [0.25, 0.3) is 0 Å². The Morgan fingerprint density at radius 3 is 2.32 bits per heavy atom. The monoisotopic (exact) mass is 398 g/mol. The van der Waals surface area contributed by atoms with Gasteiger partial charge in [-0.05, 0) is 43.9 Å². The molecule has 0 bridgehead atoms. The summed E-state index contributed by atoms with van der Waals surface area (Å²) in [4.78, 5) is 4.93. The summed E-state index contributed by atoms with van der Waals surface area (Å²) in [7, 11) is 3.85. The van der Waals surface area contributed by atoms with Gasteiger partial charge in [0, 0.05) is 32.2 Å². The van der Waals surface area contributed by atoms with Gasteiger partial charge < -0.3 is 20.3 Å². The van der Waals surface area contributed by atoms with Crippen LogP contribution in [-0.4, -0.2) is 61.3 Å². The number of ether oxygens (including phenoxy) is 1. The van der Waals surface area contributed by atoms with Gasteiger partial charge in [-0.3, -0.25) is 4.90 Å². The second kappa shape index (κ2) is 9.87. The number of piperazine rings is 1. The van der Waals surface area contributed by atoms with Crippen LogP contribution in [0.25, 0.3) is 0 Å². The molecule has 1 saturated heterocycles. The Morgan fingerprint density at radius 2 is 1.64 bits per heavy atom. The van der Waals surface area contributed by atoms with E-state index < -0.39 is 0 Å². The van der Waals surface area contributed by atoms with Crippen molar-refractivity contribution in [3.8, 4) is 5.75 Å². The summed E-state index contributed by atoms with van der Waals surface area (Å²) in [5, 5.41) is 7.38. The molecular formula is C22H30N4OS. The highest BCUT2D eigenvalue weighted by molar-refractivity contribution is 7.80. The Bertz CT molecular complexity index is 762. The molecule has 1 heterocycles. The molecule has 0 aromatic heterocycles. The van der Waals surface area contributed by atoms with E-state index in [2.05, 4.69) is 64.7 Å². The molecule has 0 aliphatic carbocycles. The van der Waals surface area contributed by atoms with Crippen LogP contribution in [0.5, 0.6) is 5.75 Å². The lowest BCUT2D eigenvalue weighted by molar-refractivity contribution is 0.0973. The number of thiocarbonyl (C=S) groups is 1. The summed E-state index contributed by atoms with van der Waals surface area (Å²) < 4.78 is 5.41. The Balaban J connectivity index is 1.72. The van der Waals surface area contributed by atoms with E-state index in [-0.39, 0.29) is 12.1 Å². The highest BCUT2D eigenvalue weighted by Crippen LogP contribution is 2.26. The summed E-state index contributed by atoms with van der Waals surface area (Å²) in [5.41, 5.74) is 2.18. The number of rotatable bonds is 6. The maximum atomic E-state index is 5.60. The van der Waals surface area contributed by atoms with Crippen LogP contribution in [-0.2, 0) is 0 Å². The van der Waals surface area contributed by atoms with Gasteiger partial charge in [-0.2, -0.15) is 0 Å². The fourth-order valence-corrected chi connectivity index (χ4v) is 4.05. The average Bonchev–Trinajstić information content (AvgIpc) is 2.71. The minimum absolute atomic E-state index is 0.153. The number of methoxy groups -OCH3 is 1. The summed E-state index contributed by atoms with van der Waals surface area (Å²) in [6.45, 7) is 6.47. The van der Waals surface area contributed by atoms with Crippen LogP contribution >= 0.6 is 12.2 Å². The highest BCUT2D eigenvalue weighted by Gasteiger charge is 2.28. The number of likely N-dealkylation sites (N-methyl/N-ethyl adjacent to an activating group) is 1. The van der Waals surface area contributed by atoms with E-state index in [1.165, 1.54) is 5.56 Å². The maximum absolute atomic E-state index is 5.60. The van der Waals surface area contributed by atoms with Gasteiger partial charge in [-0.1, -0.05) is 42.5 Å². The highest BCUT2D eigenvalue weighted by atomic mass is 32.1. The zero-order valence-electron chi connectivity index (χ0n) is 16.9. The Hall–Kier alpha value is -2.15. The summed E-state index contributed by atoms with van der Waals surface area (Å²) >= 11 is 5.60. The summed E-state index contributed by atoms with van der Waals surface area (Å²) in [6.07, 6.45) is 0. The van der Waals surface area contributed by atoms with E-state index in [0.29, 0.717) is 5.11 Å². The van der Waals surface area contributed by atoms with Gasteiger partial charge in [-0.15, -0.1) is 0 Å². The minimum Gasteiger partial charge on any atom is -0.495 e. The molecular weight excluding hydrogens is 368 g/mol. The first-order valence-electron chi connectivity index (χ1n) is 9.76. The Labute approximate surface area is 173 Å². The SMILES string of the molecule is COc1ccccc1NC(=S)N[C@@H](C)[C@H](c1ccccc1)N1CCN(C)CC1. The first-order chi connectivity index (χ1) is 13.6. The number of nitrogens with one attached hydrogen (secondary N) is 2. The quantitative estimate of drug-likeness (QED) is 0.727. The molecule has 2 N–H and O–H groups in total. The number of nitrogens with zero attached hydrogens (tertiary/aromatic N) is 2. The van der Waals surface area contributed by atoms with Crippen LogP contribution in [0.2, 0.25) is 0 Å². The molecule has 1 aliphatic rings. The molecule has 0 radical (unpaired) electrons. The molecule has 6 heteroatoms. The summed E-state index contributed by atoms with van der Waals surface area (Å²) in [6, 6.07) is 18.9. The van der Waals surface area contributed by atoms with Crippen molar-refractivity contribution in [2.75, 3.05) is 45.7 Å². The van der Waals surface area contributed by atoms with Crippen LogP contribution in [0.4, 0.5) is 5.69 Å². The molecule has 1 aliphatic heterocycles. The predicted molar refractivity (Wildman–Crippen MR) is 120 cm³/mol. The molecule has 2 aromatic rings. The summed E-state index contributed by atoms with van der Waals surface area (Å²) in [5.74, 6) is 0.776. The molecule has 150 valence electrons. The van der Waals surface area contributed by atoms with Crippen molar-refractivity contribution in [1.82, 2.24) is 15.1 Å². The van der Waals surface area contributed by atoms with E-state index >= 15 is 0 Å². The van der Waals surface area contributed by atoms with Crippen LogP contribution < -0.4 is 15.4 Å². The number of benzene rings is 2. The normalized spacial score (nSPS) is 17.5. The number of hydrogen-bond donors (Lipinski definition) is 2. The zero-order chi connectivity index (χ0) is 19.9. The standard InChI is InChI=1S/C22H30N4OS/c1-17(23-22(28)24-19-11-7-8-12-20(19)27-3)21(18-9-5-4-6-10-18)26-15-13-25(2)14-16-26/h4-12,17,21H,13-16H2,1-3H3,(H2,23,24,28)/t17-,21+/m0/s1. The molecule has 0 saturated carbocycles. The molecule has 0 amide bonds. The zero-order valence-corrected chi connectivity index (χ0v) is 17.7. The number of para-hydroxylation sites is 2. The molecule has 0 spiro atoms. The fraction of sp³-hybridized carbons (Fsp3) is 0.409. The molecule has 1 fully saturated rings. The molecule has 2 atom stereocenters. The van der Waals surface area contributed by atoms with Crippen molar-refractivity contribution in [1.29, 1.82) is 0 Å². The van der Waals surface area contributed by atoms with E-state index in [9.17, 15) is 0 Å². The van der Waals surface area contributed by atoms with Crippen LogP contribution in [0, 0.1) is 0 Å². The minimum atomic E-state index is 0.153. The lowest BCUT2D eigenvalue weighted by atomic mass is 9.98. The van der Waals surface area contributed by atoms with E-state index in [1.807, 2.05) is 24.3 Å². The Morgan fingerprint density at radius 1 is 1.00 bits per heavy atom. The van der Waals surface area contributed by atoms with Crippen molar-refractivity contribution >= 4 is 23.0 Å². The van der Waals surface area contributed by atoms with Gasteiger partial charge in [0.15, 0.2) is 5.11 Å². The van der Waals surface area contributed by atoms with Crippen LogP contribution in [0.1, 0.15) is 18.5 Å². The molecule has 28 heavy (non-hydrogen) atoms. The predicted octanol–water partition coefficient (Wildman–Crippen LogP) is 3.36. The van der Waals surface area contributed by atoms with Gasteiger partial charge in [0.2, 0.25) is 0 Å². The van der Waals surface area contributed by atoms with Crippen molar-refractivity contribution in [2.24, 2.45) is 0 Å². The molecule has 3 rings (SSSR count). The third-order valence-electron chi connectivity index (χ3n) is 5.26. The Kier molecular flexibility index (Phi) is 7.25. The fourth-order valence-electron chi connectivity index (χ4n) is 3.76. The van der Waals surface area contributed by atoms with Crippen molar-refractivity contribution in [3.63, 3.8) is 0 Å². The topological polar surface area (TPSA) is 39.8 Å². The first-order valence-corrected chi connectivity index (χ1v) is 10.2. The lowest BCUT2D eigenvalue weighted by Gasteiger charge is -2.41. The van der Waals surface area contributed by atoms with Crippen LogP contribution in [0.3, 0.4) is 0 Å². The molecule has 5 nitrogen and oxygen atoms in total. The van der Waals surface area contributed by atoms with E-state index in [0.717, 1.165) is 37.6 Å². The van der Waals surface area contributed by atoms with Gasteiger partial charge in [0.1, 0.15) is 5.75 Å². The molecule has 2 aromatic carbocycles. The second-order valence-corrected chi connectivity index (χ2v) is 7.69. The van der Waals surface area contributed by atoms with Crippen molar-refractivity contribution in [3.05, 3.63) is 60.2 Å². The van der Waals surface area contributed by atoms with Crippen molar-refractivity contribution in [2.45, 2.75) is 19.0 Å². The average molecular weight is 399 g/mol. The number of anilines is 1. The largest absolute Gasteiger partial charge is 0.495 e. The number of hydrogen-bond acceptors (Lipinski definition) is 4. The second-order valence-electron chi connectivity index (χ2n) is 7.28. The van der Waals surface area contributed by atoms with E-state index in [1.54, 1.807) is 7.11 Å². The van der Waals surface area contributed by atoms with Gasteiger partial charge in [-0.25, -0.2) is 0 Å². The third-order valence-corrected chi connectivity index (χ3v) is 5.48. The lowest BCUT2D eigenvalue weighted by Crippen LogP contribution is -2.52. The third kappa shape index (κ3) is 5.22. The van der Waals surface area contributed by atoms with Crippen LogP contribution in [0.15, 0.2) is 54.6 Å². The van der Waals surface area contributed by atoms with Crippen molar-refractivity contribution < 1.29 is 4.74 Å². The maximum Gasteiger partial charge on any atom is 0.171 e. The first kappa shape index (κ1) is 20.6.